The van der Waals surface area contributed by atoms with Gasteiger partial charge < -0.3 is 15.8 Å². The number of methoxy groups -OCH3 is 1. The number of nitrogen functional groups attached to an aromatic ring is 1. The van der Waals surface area contributed by atoms with Gasteiger partial charge in [0.25, 0.3) is 0 Å². The molecule has 0 atom stereocenters. The third kappa shape index (κ3) is 2.49. The molecule has 0 aliphatic carbocycles. The van der Waals surface area contributed by atoms with Crippen molar-refractivity contribution in [3.05, 3.63) is 47.2 Å². The number of halogens is 2. The van der Waals surface area contributed by atoms with Crippen LogP contribution < -0.4 is 15.8 Å². The van der Waals surface area contributed by atoms with Gasteiger partial charge in [0, 0.05) is 6.07 Å². The van der Waals surface area contributed by atoms with E-state index >= 15 is 0 Å². The van der Waals surface area contributed by atoms with E-state index in [-0.39, 0.29) is 5.69 Å². The number of rotatable bonds is 3. The Morgan fingerprint density at radius 1 is 1.22 bits per heavy atom. The number of nitrogens with one attached hydrogen (secondary N) is 1. The summed E-state index contributed by atoms with van der Waals surface area (Å²) in [6.07, 6.45) is 0. The predicted octanol–water partition coefficient (Wildman–Crippen LogP) is 3.81. The Morgan fingerprint density at radius 2 is 2.00 bits per heavy atom. The minimum Gasteiger partial charge on any atom is -0.497 e. The molecular weight excluding hydrogens is 255 g/mol. The van der Waals surface area contributed by atoms with Crippen molar-refractivity contribution in [2.45, 2.75) is 0 Å². The first kappa shape index (κ1) is 12.5. The summed E-state index contributed by atoms with van der Waals surface area (Å²) in [6, 6.07) is 9.72. The molecule has 0 aromatic heterocycles. The summed E-state index contributed by atoms with van der Waals surface area (Å²) >= 11 is 6.07. The van der Waals surface area contributed by atoms with Crippen molar-refractivity contribution in [3.63, 3.8) is 0 Å². The van der Waals surface area contributed by atoms with Crippen molar-refractivity contribution in [3.8, 4) is 5.75 Å². The van der Waals surface area contributed by atoms with E-state index < -0.39 is 5.82 Å². The molecule has 0 spiro atoms. The van der Waals surface area contributed by atoms with Gasteiger partial charge in [-0.25, -0.2) is 4.39 Å². The van der Waals surface area contributed by atoms with E-state index in [1.54, 1.807) is 37.4 Å². The Bertz CT molecular complexity index is 575. The fraction of sp³-hybridized carbons (Fsp3) is 0.0769. The first-order chi connectivity index (χ1) is 8.61. The van der Waals surface area contributed by atoms with Crippen LogP contribution in [-0.4, -0.2) is 7.11 Å². The minimum atomic E-state index is -0.468. The maximum absolute atomic E-state index is 13.3. The first-order valence-corrected chi connectivity index (χ1v) is 5.64. The van der Waals surface area contributed by atoms with E-state index in [4.69, 9.17) is 22.1 Å². The van der Waals surface area contributed by atoms with Crippen LogP contribution in [0.2, 0.25) is 5.02 Å². The fourth-order valence-corrected chi connectivity index (χ4v) is 1.73. The standard InChI is InChI=1S/C13H12ClFN2O/c1-18-8-5-6-11(9(14)7-8)17-12-4-2-3-10(15)13(12)16/h2-7,17H,16H2,1H3. The van der Waals surface area contributed by atoms with E-state index in [2.05, 4.69) is 5.32 Å². The second-order valence-electron chi connectivity index (χ2n) is 3.67. The molecule has 0 saturated heterocycles. The minimum absolute atomic E-state index is 0.0596. The Balaban J connectivity index is 2.31. The van der Waals surface area contributed by atoms with Gasteiger partial charge in [-0.3, -0.25) is 0 Å². The quantitative estimate of drug-likeness (QED) is 0.831. The van der Waals surface area contributed by atoms with Crippen LogP contribution >= 0.6 is 11.6 Å². The maximum Gasteiger partial charge on any atom is 0.148 e. The lowest BCUT2D eigenvalue weighted by Crippen LogP contribution is -1.99. The van der Waals surface area contributed by atoms with Crippen LogP contribution in [0.15, 0.2) is 36.4 Å². The zero-order chi connectivity index (χ0) is 13.1. The molecule has 0 radical (unpaired) electrons. The zero-order valence-electron chi connectivity index (χ0n) is 9.71. The van der Waals surface area contributed by atoms with Gasteiger partial charge in [-0.05, 0) is 24.3 Å². The highest BCUT2D eigenvalue weighted by molar-refractivity contribution is 6.33. The van der Waals surface area contributed by atoms with Crippen LogP contribution in [0, 0.1) is 5.82 Å². The molecule has 2 aromatic rings. The number of para-hydroxylation sites is 1. The van der Waals surface area contributed by atoms with Crippen molar-refractivity contribution in [1.29, 1.82) is 0 Å². The lowest BCUT2D eigenvalue weighted by Gasteiger charge is -2.12. The molecule has 3 N–H and O–H groups in total. The average Bonchev–Trinajstić information content (AvgIpc) is 2.37. The Labute approximate surface area is 109 Å². The lowest BCUT2D eigenvalue weighted by atomic mass is 10.2. The highest BCUT2D eigenvalue weighted by Gasteiger charge is 2.07. The van der Waals surface area contributed by atoms with Gasteiger partial charge in [-0.2, -0.15) is 0 Å². The maximum atomic E-state index is 13.3. The summed E-state index contributed by atoms with van der Waals surface area (Å²) in [6.45, 7) is 0. The van der Waals surface area contributed by atoms with E-state index in [9.17, 15) is 4.39 Å². The van der Waals surface area contributed by atoms with Crippen LogP contribution in [0.1, 0.15) is 0 Å². The van der Waals surface area contributed by atoms with Gasteiger partial charge in [-0.1, -0.05) is 17.7 Å². The highest BCUT2D eigenvalue weighted by Crippen LogP contribution is 2.31. The number of anilines is 3. The average molecular weight is 267 g/mol. The molecule has 0 saturated carbocycles. The number of ether oxygens (including phenoxy) is 1. The van der Waals surface area contributed by atoms with Crippen LogP contribution in [0.5, 0.6) is 5.75 Å². The SMILES string of the molecule is COc1ccc(Nc2cccc(F)c2N)c(Cl)c1. The zero-order valence-corrected chi connectivity index (χ0v) is 10.5. The molecule has 3 nitrogen and oxygen atoms in total. The molecular formula is C13H12ClFN2O. The number of benzene rings is 2. The fourth-order valence-electron chi connectivity index (χ4n) is 1.52. The summed E-state index contributed by atoms with van der Waals surface area (Å²) < 4.78 is 18.3. The summed E-state index contributed by atoms with van der Waals surface area (Å²) in [7, 11) is 1.56. The predicted molar refractivity (Wildman–Crippen MR) is 72.1 cm³/mol. The van der Waals surface area contributed by atoms with E-state index in [0.717, 1.165) is 0 Å². The van der Waals surface area contributed by atoms with Crippen molar-refractivity contribution in [1.82, 2.24) is 0 Å². The normalized spacial score (nSPS) is 10.2. The van der Waals surface area contributed by atoms with Crippen molar-refractivity contribution >= 4 is 28.7 Å². The monoisotopic (exact) mass is 266 g/mol. The van der Waals surface area contributed by atoms with E-state index in [1.165, 1.54) is 6.07 Å². The molecule has 0 aliphatic heterocycles. The Morgan fingerprint density at radius 3 is 2.67 bits per heavy atom. The molecule has 0 fully saturated rings. The third-order valence-electron chi connectivity index (χ3n) is 2.50. The van der Waals surface area contributed by atoms with Gasteiger partial charge in [-0.15, -0.1) is 0 Å². The Hall–Kier alpha value is -1.94. The van der Waals surface area contributed by atoms with E-state index in [1.807, 2.05) is 0 Å². The van der Waals surface area contributed by atoms with Crippen LogP contribution in [0.25, 0.3) is 0 Å². The van der Waals surface area contributed by atoms with Crippen LogP contribution in [-0.2, 0) is 0 Å². The molecule has 18 heavy (non-hydrogen) atoms. The number of nitrogens with two attached hydrogens (primary N) is 1. The third-order valence-corrected chi connectivity index (χ3v) is 2.81. The van der Waals surface area contributed by atoms with Gasteiger partial charge in [0.2, 0.25) is 0 Å². The van der Waals surface area contributed by atoms with Crippen LogP contribution in [0.3, 0.4) is 0 Å². The summed E-state index contributed by atoms with van der Waals surface area (Å²) in [5, 5.41) is 3.45. The van der Waals surface area contributed by atoms with Gasteiger partial charge in [0.15, 0.2) is 0 Å². The van der Waals surface area contributed by atoms with Crippen molar-refractivity contribution < 1.29 is 9.13 Å². The first-order valence-electron chi connectivity index (χ1n) is 5.26. The van der Waals surface area contributed by atoms with E-state index in [0.29, 0.717) is 22.1 Å². The molecule has 2 rings (SSSR count). The number of hydrogen-bond donors (Lipinski definition) is 2. The highest BCUT2D eigenvalue weighted by atomic mass is 35.5. The smallest absolute Gasteiger partial charge is 0.148 e. The molecule has 0 bridgehead atoms. The summed E-state index contributed by atoms with van der Waals surface area (Å²) in [4.78, 5) is 0. The molecule has 0 amide bonds. The number of hydrogen-bond acceptors (Lipinski definition) is 3. The summed E-state index contributed by atoms with van der Waals surface area (Å²) in [5.41, 5.74) is 6.80. The second-order valence-corrected chi connectivity index (χ2v) is 4.08. The molecule has 0 heterocycles. The lowest BCUT2D eigenvalue weighted by molar-refractivity contribution is 0.415. The summed E-state index contributed by atoms with van der Waals surface area (Å²) in [5.74, 6) is 0.183. The molecule has 5 heteroatoms. The largest absolute Gasteiger partial charge is 0.497 e. The second kappa shape index (κ2) is 5.14. The molecule has 0 unspecified atom stereocenters. The van der Waals surface area contributed by atoms with Gasteiger partial charge in [0.05, 0.1) is 29.2 Å². The molecule has 94 valence electrons. The molecule has 2 aromatic carbocycles. The van der Waals surface area contributed by atoms with Gasteiger partial charge >= 0.3 is 0 Å². The van der Waals surface area contributed by atoms with Crippen molar-refractivity contribution in [2.75, 3.05) is 18.2 Å². The van der Waals surface area contributed by atoms with Crippen molar-refractivity contribution in [2.24, 2.45) is 0 Å². The Kier molecular flexibility index (Phi) is 3.58. The molecule has 0 aliphatic rings. The van der Waals surface area contributed by atoms with Crippen LogP contribution in [0.4, 0.5) is 21.5 Å². The van der Waals surface area contributed by atoms with Gasteiger partial charge in [0.1, 0.15) is 11.6 Å². The topological polar surface area (TPSA) is 47.3 Å².